The van der Waals surface area contributed by atoms with E-state index >= 15 is 0 Å². The summed E-state index contributed by atoms with van der Waals surface area (Å²) >= 11 is 0.584. The monoisotopic (exact) mass is 628 g/mol. The fraction of sp³-hybridized carbons (Fsp3) is 0.207. The quantitative estimate of drug-likeness (QED) is 0.184. The number of anilines is 2. The fourth-order valence-electron chi connectivity index (χ4n) is 4.43. The fourth-order valence-corrected chi connectivity index (χ4v) is 5.26. The number of thioether (sulfide) groups is 1. The highest BCUT2D eigenvalue weighted by Gasteiger charge is 2.37. The number of morpholine rings is 1. The van der Waals surface area contributed by atoms with Crippen molar-refractivity contribution in [2.45, 2.75) is 6.18 Å². The highest BCUT2D eigenvalue weighted by molar-refractivity contribution is 8.18. The van der Waals surface area contributed by atoms with Crippen LogP contribution in [-0.4, -0.2) is 59.7 Å². The van der Waals surface area contributed by atoms with Crippen molar-refractivity contribution in [3.05, 3.63) is 92.9 Å². The Bertz CT molecular complexity index is 1640. The first kappa shape index (κ1) is 30.6. The number of alkyl halides is 3. The van der Waals surface area contributed by atoms with E-state index in [1.54, 1.807) is 18.2 Å². The van der Waals surface area contributed by atoms with Gasteiger partial charge in [0, 0.05) is 36.1 Å². The zero-order valence-electron chi connectivity index (χ0n) is 22.7. The maximum Gasteiger partial charge on any atom is 0.416 e. The van der Waals surface area contributed by atoms with Gasteiger partial charge in [0.1, 0.15) is 12.3 Å². The maximum atomic E-state index is 13.1. The highest BCUT2D eigenvalue weighted by atomic mass is 32.2. The molecule has 5 rings (SSSR count). The van der Waals surface area contributed by atoms with Crippen molar-refractivity contribution in [3.8, 4) is 11.5 Å². The van der Waals surface area contributed by atoms with Gasteiger partial charge in [-0.05, 0) is 60.3 Å². The summed E-state index contributed by atoms with van der Waals surface area (Å²) in [5.41, 5.74) is -0.446. The number of nitrogens with one attached hydrogen (secondary N) is 1. The average molecular weight is 629 g/mol. The van der Waals surface area contributed by atoms with E-state index in [0.29, 0.717) is 42.8 Å². The second-order valence-corrected chi connectivity index (χ2v) is 10.5. The SMILES string of the molecule is O=C(CN1C(=O)S/C(=C/c2ccccc2Oc2ccc(C(F)(F)F)cc2[N+](=O)[O-])C1=O)Nc1ccc(N2CCOCC2)cc1. The molecule has 3 aromatic carbocycles. The van der Waals surface area contributed by atoms with Crippen molar-refractivity contribution in [2.75, 3.05) is 43.1 Å². The summed E-state index contributed by atoms with van der Waals surface area (Å²) < 4.78 is 50.2. The van der Waals surface area contributed by atoms with Gasteiger partial charge < -0.3 is 19.7 Å². The predicted octanol–water partition coefficient (Wildman–Crippen LogP) is 5.92. The van der Waals surface area contributed by atoms with Crippen LogP contribution in [0.25, 0.3) is 6.08 Å². The molecule has 0 atom stereocenters. The number of imide groups is 1. The van der Waals surface area contributed by atoms with Gasteiger partial charge in [0.25, 0.3) is 11.1 Å². The third kappa shape index (κ3) is 7.01. The van der Waals surface area contributed by atoms with E-state index in [4.69, 9.17) is 9.47 Å². The second-order valence-electron chi connectivity index (χ2n) is 9.54. The minimum absolute atomic E-state index is 0.0135. The van der Waals surface area contributed by atoms with Crippen molar-refractivity contribution in [1.82, 2.24) is 4.90 Å². The third-order valence-electron chi connectivity index (χ3n) is 6.61. The summed E-state index contributed by atoms with van der Waals surface area (Å²) in [6, 6.07) is 15.0. The molecule has 11 nitrogen and oxygen atoms in total. The summed E-state index contributed by atoms with van der Waals surface area (Å²) in [5, 5.41) is 13.5. The van der Waals surface area contributed by atoms with Gasteiger partial charge in [-0.1, -0.05) is 18.2 Å². The lowest BCUT2D eigenvalue weighted by atomic mass is 10.1. The van der Waals surface area contributed by atoms with Gasteiger partial charge in [-0.15, -0.1) is 0 Å². The number of carbonyl (C=O) groups is 3. The first-order valence-electron chi connectivity index (χ1n) is 13.1. The molecular formula is C29H23F3N4O7S. The van der Waals surface area contributed by atoms with E-state index in [1.165, 1.54) is 24.3 Å². The topological polar surface area (TPSA) is 131 Å². The van der Waals surface area contributed by atoms with Crippen LogP contribution in [-0.2, 0) is 20.5 Å². The predicted molar refractivity (Wildman–Crippen MR) is 155 cm³/mol. The molecular weight excluding hydrogens is 605 g/mol. The number of nitro groups is 1. The van der Waals surface area contributed by atoms with Gasteiger partial charge in [0.15, 0.2) is 0 Å². The minimum atomic E-state index is -4.80. The Labute approximate surface area is 252 Å². The Morgan fingerprint density at radius 2 is 1.75 bits per heavy atom. The third-order valence-corrected chi connectivity index (χ3v) is 7.52. The number of nitro benzene ring substituents is 1. The van der Waals surface area contributed by atoms with E-state index in [9.17, 15) is 37.7 Å². The molecule has 1 N–H and O–H groups in total. The summed E-state index contributed by atoms with van der Waals surface area (Å²) in [4.78, 5) is 51.7. The molecule has 0 aromatic heterocycles. The number of hydrogen-bond donors (Lipinski definition) is 1. The van der Waals surface area contributed by atoms with Crippen LogP contribution in [0.4, 0.5) is 35.0 Å². The van der Waals surface area contributed by atoms with Crippen LogP contribution in [0.15, 0.2) is 71.6 Å². The molecule has 2 aliphatic heterocycles. The molecule has 0 bridgehead atoms. The molecule has 3 aromatic rings. The van der Waals surface area contributed by atoms with E-state index in [2.05, 4.69) is 10.2 Å². The lowest BCUT2D eigenvalue weighted by Crippen LogP contribution is -2.36. The molecule has 0 unspecified atom stereocenters. The molecule has 2 heterocycles. The standard InChI is InChI=1S/C29H23F3N4O7S/c30-29(31,32)19-5-10-24(22(16-19)36(40)41)43-23-4-2-1-3-18(23)15-25-27(38)35(28(39)44-25)17-26(37)33-20-6-8-21(9-7-20)34-11-13-42-14-12-34/h1-10,15-16H,11-14,17H2,(H,33,37)/b25-15+. The lowest BCUT2D eigenvalue weighted by molar-refractivity contribution is -0.385. The summed E-state index contributed by atoms with van der Waals surface area (Å²) in [7, 11) is 0. The molecule has 0 saturated carbocycles. The molecule has 0 spiro atoms. The van der Waals surface area contributed by atoms with Crippen LogP contribution < -0.4 is 15.0 Å². The zero-order valence-corrected chi connectivity index (χ0v) is 23.5. The Morgan fingerprint density at radius 3 is 2.43 bits per heavy atom. The molecule has 0 radical (unpaired) electrons. The van der Waals surface area contributed by atoms with Crippen molar-refractivity contribution in [3.63, 3.8) is 0 Å². The number of ether oxygens (including phenoxy) is 2. The van der Waals surface area contributed by atoms with Crippen LogP contribution in [0.1, 0.15) is 11.1 Å². The van der Waals surface area contributed by atoms with Crippen LogP contribution in [0, 0.1) is 10.1 Å². The molecule has 2 saturated heterocycles. The molecule has 228 valence electrons. The Morgan fingerprint density at radius 1 is 1.05 bits per heavy atom. The Kier molecular flexibility index (Phi) is 8.87. The summed E-state index contributed by atoms with van der Waals surface area (Å²) in [6.07, 6.45) is -3.49. The van der Waals surface area contributed by atoms with Gasteiger partial charge in [-0.2, -0.15) is 13.2 Å². The number of benzene rings is 3. The van der Waals surface area contributed by atoms with Crippen LogP contribution >= 0.6 is 11.8 Å². The van der Waals surface area contributed by atoms with E-state index in [1.807, 2.05) is 12.1 Å². The normalized spacial score (nSPS) is 16.4. The van der Waals surface area contributed by atoms with Gasteiger partial charge in [-0.25, -0.2) is 0 Å². The first-order chi connectivity index (χ1) is 21.0. The van der Waals surface area contributed by atoms with Crippen LogP contribution in [0.5, 0.6) is 11.5 Å². The second kappa shape index (κ2) is 12.8. The minimum Gasteiger partial charge on any atom is -0.449 e. The van der Waals surface area contributed by atoms with E-state index < -0.39 is 51.7 Å². The van der Waals surface area contributed by atoms with Crippen LogP contribution in [0.3, 0.4) is 0 Å². The lowest BCUT2D eigenvalue weighted by Gasteiger charge is -2.28. The molecule has 0 aliphatic carbocycles. The van der Waals surface area contributed by atoms with Gasteiger partial charge in [0.05, 0.1) is 28.6 Å². The summed E-state index contributed by atoms with van der Waals surface area (Å²) in [5.74, 6) is -1.80. The molecule has 2 aliphatic rings. The van der Waals surface area contributed by atoms with Gasteiger partial charge in [-0.3, -0.25) is 29.4 Å². The smallest absolute Gasteiger partial charge is 0.416 e. The zero-order chi connectivity index (χ0) is 31.4. The van der Waals surface area contributed by atoms with E-state index in [-0.39, 0.29) is 16.2 Å². The average Bonchev–Trinajstić information content (AvgIpc) is 3.25. The Hall–Kier alpha value is -4.89. The van der Waals surface area contributed by atoms with Crippen LogP contribution in [0.2, 0.25) is 0 Å². The number of para-hydroxylation sites is 1. The number of nitrogens with zero attached hydrogens (tertiary/aromatic N) is 3. The number of hydrogen-bond acceptors (Lipinski definition) is 9. The molecule has 2 fully saturated rings. The number of carbonyl (C=O) groups excluding carboxylic acids is 3. The highest BCUT2D eigenvalue weighted by Crippen LogP contribution is 2.40. The number of rotatable bonds is 8. The number of amides is 3. The van der Waals surface area contributed by atoms with Crippen molar-refractivity contribution in [2.24, 2.45) is 0 Å². The molecule has 3 amide bonds. The largest absolute Gasteiger partial charge is 0.449 e. The molecule has 15 heteroatoms. The molecule has 44 heavy (non-hydrogen) atoms. The van der Waals surface area contributed by atoms with Crippen molar-refractivity contribution in [1.29, 1.82) is 0 Å². The first-order valence-corrected chi connectivity index (χ1v) is 13.9. The Balaban J connectivity index is 1.28. The van der Waals surface area contributed by atoms with E-state index in [0.717, 1.165) is 29.7 Å². The van der Waals surface area contributed by atoms with Gasteiger partial charge in [0.2, 0.25) is 11.7 Å². The number of halogens is 3. The van der Waals surface area contributed by atoms with Crippen molar-refractivity contribution < 1.29 is 42.0 Å². The van der Waals surface area contributed by atoms with Crippen molar-refractivity contribution >= 4 is 52.0 Å². The van der Waals surface area contributed by atoms with Gasteiger partial charge >= 0.3 is 11.9 Å². The summed E-state index contributed by atoms with van der Waals surface area (Å²) in [6.45, 7) is 2.23. The maximum absolute atomic E-state index is 13.1.